The molecule has 2 rings (SSSR count). The van der Waals surface area contributed by atoms with Crippen LogP contribution in [0.3, 0.4) is 0 Å². The van der Waals surface area contributed by atoms with Gasteiger partial charge in [0, 0.05) is 13.0 Å². The Morgan fingerprint density at radius 2 is 2.64 bits per heavy atom. The van der Waals surface area contributed by atoms with Crippen LogP contribution in [0.15, 0.2) is 6.33 Å². The minimum Gasteiger partial charge on any atom is -0.466 e. The van der Waals surface area contributed by atoms with Gasteiger partial charge in [0.15, 0.2) is 0 Å². The number of carbonyl (C=O) groups is 1. The normalized spacial score (nSPS) is 20.2. The number of aromatic nitrogens is 3. The van der Waals surface area contributed by atoms with Gasteiger partial charge >= 0.3 is 5.97 Å². The van der Waals surface area contributed by atoms with E-state index in [1.165, 1.54) is 6.33 Å². The highest BCUT2D eigenvalue weighted by atomic mass is 16.5. The Morgan fingerprint density at radius 1 is 1.79 bits per heavy atom. The van der Waals surface area contributed by atoms with Crippen LogP contribution in [0, 0.1) is 5.92 Å². The SMILES string of the molecule is CCOC(=O)C1CCn2ncnc2C1. The molecule has 2 heterocycles. The number of aryl methyl sites for hydroxylation is 1. The smallest absolute Gasteiger partial charge is 0.309 e. The average molecular weight is 195 g/mol. The molecule has 0 amide bonds. The van der Waals surface area contributed by atoms with Crippen LogP contribution >= 0.6 is 0 Å². The van der Waals surface area contributed by atoms with Gasteiger partial charge in [0.25, 0.3) is 0 Å². The highest BCUT2D eigenvalue weighted by Crippen LogP contribution is 2.18. The summed E-state index contributed by atoms with van der Waals surface area (Å²) in [4.78, 5) is 15.5. The van der Waals surface area contributed by atoms with E-state index in [1.54, 1.807) is 0 Å². The van der Waals surface area contributed by atoms with Crippen LogP contribution < -0.4 is 0 Å². The number of rotatable bonds is 2. The molecule has 14 heavy (non-hydrogen) atoms. The van der Waals surface area contributed by atoms with E-state index in [0.29, 0.717) is 13.0 Å². The highest BCUT2D eigenvalue weighted by molar-refractivity contribution is 5.72. The molecule has 1 aliphatic rings. The average Bonchev–Trinajstić information content (AvgIpc) is 2.64. The van der Waals surface area contributed by atoms with Crippen molar-refractivity contribution in [2.75, 3.05) is 6.61 Å². The first-order chi connectivity index (χ1) is 6.81. The molecule has 0 radical (unpaired) electrons. The van der Waals surface area contributed by atoms with Crippen LogP contribution in [0.2, 0.25) is 0 Å². The molecule has 1 aromatic rings. The van der Waals surface area contributed by atoms with Gasteiger partial charge in [-0.1, -0.05) is 0 Å². The molecule has 1 aromatic heterocycles. The van der Waals surface area contributed by atoms with E-state index >= 15 is 0 Å². The summed E-state index contributed by atoms with van der Waals surface area (Å²) in [6.45, 7) is 3.03. The Kier molecular flexibility index (Phi) is 2.47. The third kappa shape index (κ3) is 1.62. The van der Waals surface area contributed by atoms with Crippen LogP contribution in [-0.4, -0.2) is 27.3 Å². The van der Waals surface area contributed by atoms with Crippen molar-refractivity contribution in [2.24, 2.45) is 5.92 Å². The number of carbonyl (C=O) groups excluding carboxylic acids is 1. The predicted octanol–water partition coefficient (Wildman–Crippen LogP) is 0.404. The van der Waals surface area contributed by atoms with Gasteiger partial charge in [0.05, 0.1) is 12.5 Å². The fourth-order valence-corrected chi connectivity index (χ4v) is 1.69. The second-order valence-electron chi connectivity index (χ2n) is 3.34. The number of nitrogens with zero attached hydrogens (tertiary/aromatic N) is 3. The monoisotopic (exact) mass is 195 g/mol. The van der Waals surface area contributed by atoms with Gasteiger partial charge in [-0.2, -0.15) is 5.10 Å². The van der Waals surface area contributed by atoms with E-state index in [4.69, 9.17) is 4.74 Å². The van der Waals surface area contributed by atoms with Crippen molar-refractivity contribution in [1.82, 2.24) is 14.8 Å². The zero-order valence-corrected chi connectivity index (χ0v) is 8.14. The zero-order chi connectivity index (χ0) is 9.97. The lowest BCUT2D eigenvalue weighted by Crippen LogP contribution is -2.28. The van der Waals surface area contributed by atoms with Crippen molar-refractivity contribution < 1.29 is 9.53 Å². The first-order valence-electron chi connectivity index (χ1n) is 4.84. The molecule has 0 saturated carbocycles. The van der Waals surface area contributed by atoms with Crippen molar-refractivity contribution in [3.8, 4) is 0 Å². The summed E-state index contributed by atoms with van der Waals surface area (Å²) >= 11 is 0. The number of esters is 1. The molecule has 0 bridgehead atoms. The zero-order valence-electron chi connectivity index (χ0n) is 8.14. The number of hydrogen-bond donors (Lipinski definition) is 0. The minimum atomic E-state index is -0.109. The van der Waals surface area contributed by atoms with Gasteiger partial charge in [0.2, 0.25) is 0 Å². The molecule has 1 unspecified atom stereocenters. The summed E-state index contributed by atoms with van der Waals surface area (Å²) in [6, 6.07) is 0. The third-order valence-corrected chi connectivity index (χ3v) is 2.43. The number of hydrogen-bond acceptors (Lipinski definition) is 4. The molecule has 5 nitrogen and oxygen atoms in total. The maximum atomic E-state index is 11.5. The minimum absolute atomic E-state index is 0.0355. The predicted molar refractivity (Wildman–Crippen MR) is 48.5 cm³/mol. The number of fused-ring (bicyclic) bond motifs is 1. The van der Waals surface area contributed by atoms with Crippen LogP contribution in [0.5, 0.6) is 0 Å². The summed E-state index contributed by atoms with van der Waals surface area (Å²) in [5.41, 5.74) is 0. The molecule has 0 spiro atoms. The Bertz CT molecular complexity index is 335. The molecule has 0 N–H and O–H groups in total. The fourth-order valence-electron chi connectivity index (χ4n) is 1.69. The summed E-state index contributed by atoms with van der Waals surface area (Å²) in [7, 11) is 0. The van der Waals surface area contributed by atoms with Crippen LogP contribution in [0.25, 0.3) is 0 Å². The van der Waals surface area contributed by atoms with Gasteiger partial charge in [-0.25, -0.2) is 4.98 Å². The van der Waals surface area contributed by atoms with Crippen molar-refractivity contribution in [3.05, 3.63) is 12.2 Å². The van der Waals surface area contributed by atoms with Gasteiger partial charge in [-0.3, -0.25) is 9.48 Å². The third-order valence-electron chi connectivity index (χ3n) is 2.43. The lowest BCUT2D eigenvalue weighted by atomic mass is 9.98. The topological polar surface area (TPSA) is 57.0 Å². The summed E-state index contributed by atoms with van der Waals surface area (Å²) in [5.74, 6) is 0.739. The molecule has 0 aliphatic carbocycles. The first kappa shape index (κ1) is 9.18. The van der Waals surface area contributed by atoms with Crippen LogP contribution in [-0.2, 0) is 22.5 Å². The van der Waals surface area contributed by atoms with Crippen molar-refractivity contribution in [3.63, 3.8) is 0 Å². The number of ether oxygens (including phenoxy) is 1. The summed E-state index contributed by atoms with van der Waals surface area (Å²) in [5, 5.41) is 4.05. The van der Waals surface area contributed by atoms with E-state index in [1.807, 2.05) is 11.6 Å². The Balaban J connectivity index is 2.04. The van der Waals surface area contributed by atoms with Gasteiger partial charge in [-0.15, -0.1) is 0 Å². The van der Waals surface area contributed by atoms with Crippen molar-refractivity contribution >= 4 is 5.97 Å². The highest BCUT2D eigenvalue weighted by Gasteiger charge is 2.26. The van der Waals surface area contributed by atoms with E-state index in [0.717, 1.165) is 18.8 Å². The largest absolute Gasteiger partial charge is 0.466 e. The first-order valence-corrected chi connectivity index (χ1v) is 4.84. The Morgan fingerprint density at radius 3 is 3.43 bits per heavy atom. The van der Waals surface area contributed by atoms with Gasteiger partial charge in [0.1, 0.15) is 12.2 Å². The van der Waals surface area contributed by atoms with Crippen molar-refractivity contribution in [2.45, 2.75) is 26.3 Å². The molecule has 1 aliphatic heterocycles. The fraction of sp³-hybridized carbons (Fsp3) is 0.667. The van der Waals surface area contributed by atoms with Crippen molar-refractivity contribution in [1.29, 1.82) is 0 Å². The molecule has 0 saturated heterocycles. The van der Waals surface area contributed by atoms with E-state index in [9.17, 15) is 4.79 Å². The van der Waals surface area contributed by atoms with E-state index < -0.39 is 0 Å². The molecule has 0 fully saturated rings. The molecule has 1 atom stereocenters. The summed E-state index contributed by atoms with van der Waals surface area (Å²) < 4.78 is 6.82. The Hall–Kier alpha value is -1.39. The molecule has 5 heteroatoms. The van der Waals surface area contributed by atoms with E-state index in [2.05, 4.69) is 10.1 Å². The summed E-state index contributed by atoms with van der Waals surface area (Å²) in [6.07, 6.45) is 2.98. The molecular weight excluding hydrogens is 182 g/mol. The standard InChI is InChI=1S/C9H13N3O2/c1-2-14-9(13)7-3-4-12-8(5-7)10-6-11-12/h6-7H,2-5H2,1H3. The van der Waals surface area contributed by atoms with Crippen LogP contribution in [0.1, 0.15) is 19.2 Å². The Labute approximate surface area is 82.1 Å². The maximum absolute atomic E-state index is 11.5. The quantitative estimate of drug-likeness (QED) is 0.641. The van der Waals surface area contributed by atoms with Gasteiger partial charge in [-0.05, 0) is 13.3 Å². The second kappa shape index (κ2) is 3.77. The molecule has 0 aromatic carbocycles. The van der Waals surface area contributed by atoms with Gasteiger partial charge < -0.3 is 4.74 Å². The molecule has 76 valence electrons. The lowest BCUT2D eigenvalue weighted by molar-refractivity contribution is -0.148. The van der Waals surface area contributed by atoms with E-state index in [-0.39, 0.29) is 11.9 Å². The second-order valence-corrected chi connectivity index (χ2v) is 3.34. The molecular formula is C9H13N3O2. The lowest BCUT2D eigenvalue weighted by Gasteiger charge is -2.20. The van der Waals surface area contributed by atoms with Crippen LogP contribution in [0.4, 0.5) is 0 Å². The maximum Gasteiger partial charge on any atom is 0.309 e.